The molecule has 1 atom stereocenters. The lowest BCUT2D eigenvalue weighted by Gasteiger charge is -2.20. The molecule has 0 saturated heterocycles. The van der Waals surface area contributed by atoms with Crippen molar-refractivity contribution in [3.63, 3.8) is 0 Å². The Morgan fingerprint density at radius 3 is 2.96 bits per heavy atom. The molecular weight excluding hydrogens is 347 g/mol. The predicted molar refractivity (Wildman–Crippen MR) is 94.3 cm³/mol. The fourth-order valence-electron chi connectivity index (χ4n) is 3.05. The largest absolute Gasteiger partial charge is 0.321 e. The lowest BCUT2D eigenvalue weighted by Crippen LogP contribution is -2.14. The van der Waals surface area contributed by atoms with Crippen LogP contribution in [0.1, 0.15) is 30.1 Å². The van der Waals surface area contributed by atoms with Crippen molar-refractivity contribution in [2.24, 2.45) is 0 Å². The molecule has 0 aromatic carbocycles. The molecule has 0 spiro atoms. The van der Waals surface area contributed by atoms with Gasteiger partial charge in [0, 0.05) is 24.7 Å². The summed E-state index contributed by atoms with van der Waals surface area (Å²) < 4.78 is 16.5. The Morgan fingerprint density at radius 1 is 1.19 bits per heavy atom. The Balaban J connectivity index is 1.82. The molecule has 9 heteroatoms. The maximum Gasteiger partial charge on any atom is 0.163 e. The molecule has 0 amide bonds. The van der Waals surface area contributed by atoms with Gasteiger partial charge in [-0.1, -0.05) is 0 Å². The van der Waals surface area contributed by atoms with Crippen molar-refractivity contribution < 1.29 is 4.39 Å². The first-order valence-electron chi connectivity index (χ1n) is 8.41. The number of nitrogens with zero attached hydrogens (tertiary/aromatic N) is 8. The molecule has 0 fully saturated rings. The number of alkyl halides is 1. The molecule has 27 heavy (non-hydrogen) atoms. The van der Waals surface area contributed by atoms with E-state index in [1.165, 1.54) is 0 Å². The summed E-state index contributed by atoms with van der Waals surface area (Å²) in [5, 5.41) is 17.3. The van der Waals surface area contributed by atoms with E-state index in [4.69, 9.17) is 0 Å². The second kappa shape index (κ2) is 7.29. The summed E-state index contributed by atoms with van der Waals surface area (Å²) in [6.45, 7) is -0.430. The standard InChI is InChI=1S/C18H15FN8/c19-5-1-4-15(14-9-16-25-24-12-26(16)11-23-14)27-8-7-22-18(27)17-13(10-20)3-2-6-21-17/h2-3,6-9,11-12,15H,1,4-5H2. The highest BCUT2D eigenvalue weighted by molar-refractivity contribution is 5.60. The molecule has 1 unspecified atom stereocenters. The molecule has 0 N–H and O–H groups in total. The van der Waals surface area contributed by atoms with Gasteiger partial charge >= 0.3 is 0 Å². The van der Waals surface area contributed by atoms with E-state index in [9.17, 15) is 9.65 Å². The minimum Gasteiger partial charge on any atom is -0.321 e. The van der Waals surface area contributed by atoms with E-state index in [1.807, 2.05) is 10.6 Å². The second-order valence-corrected chi connectivity index (χ2v) is 5.93. The Morgan fingerprint density at radius 2 is 2.11 bits per heavy atom. The van der Waals surface area contributed by atoms with Crippen LogP contribution in [-0.4, -0.2) is 40.8 Å². The smallest absolute Gasteiger partial charge is 0.163 e. The number of aromatic nitrogens is 7. The fourth-order valence-corrected chi connectivity index (χ4v) is 3.05. The molecular formula is C18H15FN8. The van der Waals surface area contributed by atoms with Crippen LogP contribution in [0.4, 0.5) is 4.39 Å². The molecule has 8 nitrogen and oxygen atoms in total. The van der Waals surface area contributed by atoms with E-state index >= 15 is 0 Å². The highest BCUT2D eigenvalue weighted by atomic mass is 19.1. The van der Waals surface area contributed by atoms with Crippen LogP contribution in [0.25, 0.3) is 17.2 Å². The van der Waals surface area contributed by atoms with Crippen molar-refractivity contribution >= 4 is 5.65 Å². The highest BCUT2D eigenvalue weighted by Gasteiger charge is 2.21. The number of imidazole rings is 1. The average molecular weight is 362 g/mol. The first-order chi connectivity index (χ1) is 13.3. The first-order valence-corrected chi connectivity index (χ1v) is 8.41. The lowest BCUT2D eigenvalue weighted by atomic mass is 10.1. The van der Waals surface area contributed by atoms with Crippen LogP contribution in [-0.2, 0) is 0 Å². The van der Waals surface area contributed by atoms with Crippen molar-refractivity contribution in [3.8, 4) is 17.6 Å². The number of fused-ring (bicyclic) bond motifs is 1. The van der Waals surface area contributed by atoms with Gasteiger partial charge in [-0.15, -0.1) is 10.2 Å². The topological polar surface area (TPSA) is 97.6 Å². The average Bonchev–Trinajstić information content (AvgIpc) is 3.37. The first kappa shape index (κ1) is 16.8. The SMILES string of the molecule is N#Cc1cccnc1-c1nccn1C(CCCF)c1cc2nncn2cn1. The number of halogens is 1. The quantitative estimate of drug-likeness (QED) is 0.523. The maximum absolute atomic E-state index is 12.9. The molecule has 0 saturated carbocycles. The summed E-state index contributed by atoms with van der Waals surface area (Å²) in [6, 6.07) is 7.09. The number of pyridine rings is 1. The zero-order chi connectivity index (χ0) is 18.6. The summed E-state index contributed by atoms with van der Waals surface area (Å²) in [5.74, 6) is 0.541. The zero-order valence-corrected chi connectivity index (χ0v) is 14.3. The molecule has 4 heterocycles. The number of hydrogen-bond acceptors (Lipinski definition) is 6. The minimum atomic E-state index is -0.430. The Bertz CT molecular complexity index is 1110. The molecule has 0 aliphatic heterocycles. The van der Waals surface area contributed by atoms with Crippen molar-refractivity contribution in [2.45, 2.75) is 18.9 Å². The summed E-state index contributed by atoms with van der Waals surface area (Å²) in [4.78, 5) is 13.2. The van der Waals surface area contributed by atoms with Crippen molar-refractivity contribution in [1.29, 1.82) is 5.26 Å². The minimum absolute atomic E-state index is 0.270. The molecule has 4 aromatic heterocycles. The van der Waals surface area contributed by atoms with Crippen molar-refractivity contribution in [3.05, 3.63) is 60.7 Å². The zero-order valence-electron chi connectivity index (χ0n) is 14.3. The van der Waals surface area contributed by atoms with Crippen LogP contribution < -0.4 is 0 Å². The van der Waals surface area contributed by atoms with Gasteiger partial charge in [-0.25, -0.2) is 9.97 Å². The van der Waals surface area contributed by atoms with E-state index < -0.39 is 6.67 Å². The maximum atomic E-state index is 12.9. The van der Waals surface area contributed by atoms with Crippen LogP contribution in [0.3, 0.4) is 0 Å². The van der Waals surface area contributed by atoms with Crippen molar-refractivity contribution in [2.75, 3.05) is 6.67 Å². The van der Waals surface area contributed by atoms with E-state index in [-0.39, 0.29) is 6.04 Å². The Hall–Kier alpha value is -3.67. The van der Waals surface area contributed by atoms with E-state index in [0.717, 1.165) is 5.69 Å². The van der Waals surface area contributed by atoms with E-state index in [1.54, 1.807) is 47.8 Å². The van der Waals surface area contributed by atoms with Gasteiger partial charge < -0.3 is 4.57 Å². The van der Waals surface area contributed by atoms with Crippen LogP contribution in [0.5, 0.6) is 0 Å². The van der Waals surface area contributed by atoms with E-state index in [2.05, 4.69) is 31.2 Å². The predicted octanol–water partition coefficient (Wildman–Crippen LogP) is 2.59. The van der Waals surface area contributed by atoms with Crippen LogP contribution in [0.2, 0.25) is 0 Å². The summed E-state index contributed by atoms with van der Waals surface area (Å²) in [7, 11) is 0. The lowest BCUT2D eigenvalue weighted by molar-refractivity contribution is 0.421. The Kier molecular flexibility index (Phi) is 4.53. The molecule has 4 aromatic rings. The van der Waals surface area contributed by atoms with E-state index in [0.29, 0.717) is 35.6 Å². The van der Waals surface area contributed by atoms with Gasteiger partial charge in [0.05, 0.1) is 24.0 Å². The van der Waals surface area contributed by atoms with Crippen LogP contribution in [0.15, 0.2) is 49.4 Å². The van der Waals surface area contributed by atoms with Gasteiger partial charge in [-0.05, 0) is 25.0 Å². The van der Waals surface area contributed by atoms with Gasteiger partial charge in [0.25, 0.3) is 0 Å². The van der Waals surface area contributed by atoms with Crippen molar-refractivity contribution in [1.82, 2.24) is 34.1 Å². The van der Waals surface area contributed by atoms with Crippen LogP contribution >= 0.6 is 0 Å². The van der Waals surface area contributed by atoms with Gasteiger partial charge in [0.2, 0.25) is 0 Å². The normalized spacial score (nSPS) is 12.1. The van der Waals surface area contributed by atoms with Crippen LogP contribution in [0, 0.1) is 11.3 Å². The van der Waals surface area contributed by atoms with Gasteiger partial charge in [0.1, 0.15) is 24.4 Å². The second-order valence-electron chi connectivity index (χ2n) is 5.93. The molecule has 134 valence electrons. The highest BCUT2D eigenvalue weighted by Crippen LogP contribution is 2.29. The molecule has 4 rings (SSSR count). The molecule has 0 aliphatic carbocycles. The fraction of sp³-hybridized carbons (Fsp3) is 0.222. The monoisotopic (exact) mass is 362 g/mol. The van der Waals surface area contributed by atoms with Gasteiger partial charge in [-0.3, -0.25) is 13.8 Å². The summed E-state index contributed by atoms with van der Waals surface area (Å²) in [6.07, 6.45) is 9.14. The molecule has 0 bridgehead atoms. The van der Waals surface area contributed by atoms with Gasteiger partial charge in [-0.2, -0.15) is 5.26 Å². The van der Waals surface area contributed by atoms with Gasteiger partial charge in [0.15, 0.2) is 11.5 Å². The third-order valence-electron chi connectivity index (χ3n) is 4.31. The number of hydrogen-bond donors (Lipinski definition) is 0. The number of nitriles is 1. The summed E-state index contributed by atoms with van der Waals surface area (Å²) >= 11 is 0. The summed E-state index contributed by atoms with van der Waals surface area (Å²) in [5.41, 5.74) is 2.29. The Labute approximate surface area is 154 Å². The third-order valence-corrected chi connectivity index (χ3v) is 4.31. The molecule has 0 aliphatic rings. The molecule has 0 radical (unpaired) electrons. The number of rotatable bonds is 6. The third kappa shape index (κ3) is 3.13.